The van der Waals surface area contributed by atoms with Gasteiger partial charge in [0.1, 0.15) is 0 Å². The lowest BCUT2D eigenvalue weighted by atomic mass is 9.98. The first-order chi connectivity index (χ1) is 16.0. The van der Waals surface area contributed by atoms with Crippen molar-refractivity contribution in [2.75, 3.05) is 11.9 Å². The van der Waals surface area contributed by atoms with E-state index in [2.05, 4.69) is 10.3 Å². The first-order valence-electron chi connectivity index (χ1n) is 9.88. The van der Waals surface area contributed by atoms with Crippen molar-refractivity contribution >= 4 is 45.7 Å². The van der Waals surface area contributed by atoms with Crippen molar-refractivity contribution in [3.05, 3.63) is 106 Å². The molecule has 164 valence electrons. The summed E-state index contributed by atoms with van der Waals surface area (Å²) in [5.74, 6) is -1.65. The summed E-state index contributed by atoms with van der Waals surface area (Å²) in [4.78, 5) is 42.1. The maximum absolute atomic E-state index is 12.8. The molecule has 0 spiro atoms. The lowest BCUT2D eigenvalue weighted by Gasteiger charge is -2.09. The first kappa shape index (κ1) is 22.4. The molecule has 8 heteroatoms. The molecule has 0 saturated heterocycles. The Labute approximate surface area is 198 Å². The average molecular weight is 477 g/mol. The molecular formula is C25H17ClN2O4S. The summed E-state index contributed by atoms with van der Waals surface area (Å²) >= 11 is 7.15. The number of hydrogen-bond donors (Lipinski definition) is 1. The molecule has 0 aliphatic rings. The van der Waals surface area contributed by atoms with Gasteiger partial charge in [0.05, 0.1) is 11.3 Å². The van der Waals surface area contributed by atoms with Crippen LogP contribution in [-0.2, 0) is 9.53 Å². The largest absolute Gasteiger partial charge is 0.452 e. The fourth-order valence-electron chi connectivity index (χ4n) is 3.05. The summed E-state index contributed by atoms with van der Waals surface area (Å²) in [6.07, 6.45) is 0. The summed E-state index contributed by atoms with van der Waals surface area (Å²) < 4.78 is 5.15. The van der Waals surface area contributed by atoms with Crippen LogP contribution >= 0.6 is 22.9 Å². The Bertz CT molecular complexity index is 1300. The molecule has 1 heterocycles. The minimum absolute atomic E-state index is 0.0749. The van der Waals surface area contributed by atoms with Gasteiger partial charge in [0.15, 0.2) is 17.5 Å². The fourth-order valence-corrected chi connectivity index (χ4v) is 3.91. The van der Waals surface area contributed by atoms with E-state index >= 15 is 0 Å². The number of ketones is 1. The minimum atomic E-state index is -0.771. The number of carbonyl (C=O) groups excluding carboxylic acids is 3. The number of aromatic nitrogens is 1. The van der Waals surface area contributed by atoms with Gasteiger partial charge in [0.25, 0.3) is 5.91 Å². The highest BCUT2D eigenvalue weighted by Crippen LogP contribution is 2.24. The number of halogens is 1. The third-order valence-corrected chi connectivity index (χ3v) is 5.66. The number of anilines is 1. The second-order valence-electron chi connectivity index (χ2n) is 6.91. The molecule has 6 nitrogen and oxygen atoms in total. The number of carbonyl (C=O) groups is 3. The number of ether oxygens (including phenoxy) is 1. The van der Waals surface area contributed by atoms with E-state index in [0.717, 1.165) is 11.3 Å². The molecule has 0 fully saturated rings. The minimum Gasteiger partial charge on any atom is -0.452 e. The first-order valence-corrected chi connectivity index (χ1v) is 11.1. The second kappa shape index (κ2) is 10.2. The third kappa shape index (κ3) is 5.52. The number of hydrogen-bond acceptors (Lipinski definition) is 6. The van der Waals surface area contributed by atoms with Gasteiger partial charge in [-0.3, -0.25) is 14.9 Å². The summed E-state index contributed by atoms with van der Waals surface area (Å²) in [5.41, 5.74) is 2.31. The number of rotatable bonds is 7. The molecule has 0 aliphatic carbocycles. The van der Waals surface area contributed by atoms with Gasteiger partial charge in [-0.2, -0.15) is 0 Å². The van der Waals surface area contributed by atoms with Crippen molar-refractivity contribution in [3.8, 4) is 11.3 Å². The van der Waals surface area contributed by atoms with E-state index in [0.29, 0.717) is 15.7 Å². The van der Waals surface area contributed by atoms with E-state index in [-0.39, 0.29) is 16.9 Å². The van der Waals surface area contributed by atoms with Crippen molar-refractivity contribution in [2.24, 2.45) is 0 Å². The Morgan fingerprint density at radius 3 is 2.27 bits per heavy atom. The van der Waals surface area contributed by atoms with Crippen LogP contribution in [0.3, 0.4) is 0 Å². The Morgan fingerprint density at radius 2 is 1.55 bits per heavy atom. The Balaban J connectivity index is 1.39. The number of amides is 1. The molecule has 0 atom stereocenters. The molecule has 33 heavy (non-hydrogen) atoms. The van der Waals surface area contributed by atoms with E-state index < -0.39 is 18.5 Å². The molecule has 0 saturated carbocycles. The van der Waals surface area contributed by atoms with Crippen LogP contribution in [0.4, 0.5) is 5.13 Å². The Kier molecular flexibility index (Phi) is 6.92. The SMILES string of the molecule is O=C(COC(=O)c1ccccc1C(=O)c1ccc(Cl)cc1)Nc1nc(-c2ccccc2)cs1. The fraction of sp³-hybridized carbons (Fsp3) is 0.0400. The van der Waals surface area contributed by atoms with E-state index in [4.69, 9.17) is 16.3 Å². The maximum Gasteiger partial charge on any atom is 0.339 e. The topological polar surface area (TPSA) is 85.4 Å². The number of esters is 1. The average Bonchev–Trinajstić information content (AvgIpc) is 3.31. The summed E-state index contributed by atoms with van der Waals surface area (Å²) in [6.45, 7) is -0.511. The zero-order valence-corrected chi connectivity index (χ0v) is 18.7. The molecule has 0 unspecified atom stereocenters. The molecule has 1 N–H and O–H groups in total. The van der Waals surface area contributed by atoms with Crippen molar-refractivity contribution in [3.63, 3.8) is 0 Å². The van der Waals surface area contributed by atoms with E-state index in [1.807, 2.05) is 35.7 Å². The van der Waals surface area contributed by atoms with Crippen LogP contribution in [0.1, 0.15) is 26.3 Å². The van der Waals surface area contributed by atoms with Gasteiger partial charge in [-0.1, -0.05) is 60.1 Å². The van der Waals surface area contributed by atoms with Gasteiger partial charge in [0.2, 0.25) is 0 Å². The van der Waals surface area contributed by atoms with Crippen LogP contribution in [0, 0.1) is 0 Å². The highest BCUT2D eigenvalue weighted by Gasteiger charge is 2.20. The lowest BCUT2D eigenvalue weighted by molar-refractivity contribution is -0.119. The van der Waals surface area contributed by atoms with Crippen molar-refractivity contribution in [2.45, 2.75) is 0 Å². The van der Waals surface area contributed by atoms with Crippen LogP contribution in [0.25, 0.3) is 11.3 Å². The third-order valence-electron chi connectivity index (χ3n) is 4.65. The quantitative estimate of drug-likeness (QED) is 0.281. The molecule has 4 aromatic rings. The molecule has 0 aliphatic heterocycles. The van der Waals surface area contributed by atoms with E-state index in [1.165, 1.54) is 23.5 Å². The monoisotopic (exact) mass is 476 g/mol. The molecule has 0 radical (unpaired) electrons. The highest BCUT2D eigenvalue weighted by atomic mass is 35.5. The predicted octanol–water partition coefficient (Wildman–Crippen LogP) is 5.49. The second-order valence-corrected chi connectivity index (χ2v) is 8.20. The van der Waals surface area contributed by atoms with Gasteiger partial charge >= 0.3 is 5.97 Å². The summed E-state index contributed by atoms with van der Waals surface area (Å²) in [5, 5.41) is 5.35. The van der Waals surface area contributed by atoms with Crippen molar-refractivity contribution < 1.29 is 19.1 Å². The Hall–Kier alpha value is -3.81. The molecular weight excluding hydrogens is 460 g/mol. The van der Waals surface area contributed by atoms with Crippen LogP contribution in [0.5, 0.6) is 0 Å². The van der Waals surface area contributed by atoms with Crippen molar-refractivity contribution in [1.82, 2.24) is 4.98 Å². The van der Waals surface area contributed by atoms with E-state index in [9.17, 15) is 14.4 Å². The number of nitrogens with one attached hydrogen (secondary N) is 1. The maximum atomic E-state index is 12.8. The van der Waals surface area contributed by atoms with Crippen molar-refractivity contribution in [1.29, 1.82) is 0 Å². The summed E-state index contributed by atoms with van der Waals surface area (Å²) in [7, 11) is 0. The molecule has 1 aromatic heterocycles. The van der Waals surface area contributed by atoms with Crippen LogP contribution in [0.2, 0.25) is 5.02 Å². The van der Waals surface area contributed by atoms with Crippen LogP contribution in [-0.4, -0.2) is 29.3 Å². The zero-order valence-electron chi connectivity index (χ0n) is 17.2. The molecule has 1 amide bonds. The van der Waals surface area contributed by atoms with Gasteiger partial charge in [-0.15, -0.1) is 11.3 Å². The molecule has 0 bridgehead atoms. The highest BCUT2D eigenvalue weighted by molar-refractivity contribution is 7.14. The lowest BCUT2D eigenvalue weighted by Crippen LogP contribution is -2.22. The predicted molar refractivity (Wildman–Crippen MR) is 128 cm³/mol. The molecule has 3 aromatic carbocycles. The smallest absolute Gasteiger partial charge is 0.339 e. The number of thiazole rings is 1. The van der Waals surface area contributed by atoms with Gasteiger partial charge in [-0.25, -0.2) is 9.78 Å². The number of nitrogens with zero attached hydrogens (tertiary/aromatic N) is 1. The van der Waals surface area contributed by atoms with E-state index in [1.54, 1.807) is 36.4 Å². The van der Waals surface area contributed by atoms with Crippen LogP contribution in [0.15, 0.2) is 84.2 Å². The van der Waals surface area contributed by atoms with Gasteiger partial charge in [-0.05, 0) is 30.3 Å². The van der Waals surface area contributed by atoms with Gasteiger partial charge < -0.3 is 4.74 Å². The number of benzene rings is 3. The zero-order chi connectivity index (χ0) is 23.2. The molecule has 4 rings (SSSR count). The standard InChI is InChI=1S/C25H17ClN2O4S/c26-18-12-10-17(11-13-18)23(30)19-8-4-5-9-20(19)24(31)32-14-22(29)28-25-27-21(15-33-25)16-6-2-1-3-7-16/h1-13,15H,14H2,(H,27,28,29). The van der Waals surface area contributed by atoms with Crippen LogP contribution < -0.4 is 5.32 Å². The van der Waals surface area contributed by atoms with Gasteiger partial charge in [0, 0.05) is 27.1 Å². The summed E-state index contributed by atoms with van der Waals surface area (Å²) in [6, 6.07) is 22.2. The normalized spacial score (nSPS) is 10.5. The Morgan fingerprint density at radius 1 is 0.879 bits per heavy atom.